The van der Waals surface area contributed by atoms with Crippen LogP contribution in [0.3, 0.4) is 0 Å². The molecule has 1 heterocycles. The molecule has 0 radical (unpaired) electrons. The van der Waals surface area contributed by atoms with Crippen LogP contribution in [0.15, 0.2) is 29.3 Å². The van der Waals surface area contributed by atoms with E-state index in [1.54, 1.807) is 7.05 Å². The van der Waals surface area contributed by atoms with Crippen molar-refractivity contribution in [2.45, 2.75) is 51.4 Å². The molecule has 1 aliphatic heterocycles. The maximum Gasteiger partial charge on any atom is 0.216 e. The molecule has 158 valence electrons. The second-order valence-electron chi connectivity index (χ2n) is 7.60. The van der Waals surface area contributed by atoms with Gasteiger partial charge in [0.1, 0.15) is 0 Å². The summed E-state index contributed by atoms with van der Waals surface area (Å²) < 4.78 is 26.6. The number of hydrogen-bond acceptors (Lipinski definition) is 4. The number of piperidine rings is 1. The summed E-state index contributed by atoms with van der Waals surface area (Å²) in [4.78, 5) is 6.76. The van der Waals surface area contributed by atoms with Gasteiger partial charge in [-0.15, -0.1) is 0 Å². The van der Waals surface area contributed by atoms with Gasteiger partial charge in [-0.05, 0) is 50.9 Å². The first kappa shape index (κ1) is 22.6. The number of nitrogens with zero attached hydrogens (tertiary/aromatic N) is 2. The summed E-state index contributed by atoms with van der Waals surface area (Å²) in [7, 11) is -1.53. The van der Waals surface area contributed by atoms with Gasteiger partial charge in [0.2, 0.25) is 10.0 Å². The molecule has 1 aromatic carbocycles. The van der Waals surface area contributed by atoms with Crippen molar-refractivity contribution in [3.63, 3.8) is 0 Å². The number of aliphatic imine (C=N–C) groups is 1. The third kappa shape index (κ3) is 8.58. The molecule has 1 aliphatic rings. The Morgan fingerprint density at radius 1 is 1.07 bits per heavy atom. The second-order valence-corrected chi connectivity index (χ2v) is 9.36. The van der Waals surface area contributed by atoms with Crippen molar-refractivity contribution in [2.24, 2.45) is 4.99 Å². The van der Waals surface area contributed by atoms with E-state index in [1.165, 1.54) is 32.4 Å². The zero-order valence-corrected chi connectivity index (χ0v) is 18.2. The Hall–Kier alpha value is -1.64. The molecule has 1 fully saturated rings. The Labute approximate surface area is 170 Å². The van der Waals surface area contributed by atoms with Gasteiger partial charge in [0.25, 0.3) is 0 Å². The van der Waals surface area contributed by atoms with Gasteiger partial charge in [-0.1, -0.05) is 30.7 Å². The lowest BCUT2D eigenvalue weighted by Crippen LogP contribution is -2.42. The summed E-state index contributed by atoms with van der Waals surface area (Å²) >= 11 is 0. The van der Waals surface area contributed by atoms with Crippen molar-refractivity contribution in [1.29, 1.82) is 0 Å². The van der Waals surface area contributed by atoms with Gasteiger partial charge in [0.15, 0.2) is 5.96 Å². The fourth-order valence-corrected chi connectivity index (χ4v) is 4.73. The molecule has 28 heavy (non-hydrogen) atoms. The van der Waals surface area contributed by atoms with Crippen LogP contribution in [0.4, 0.5) is 0 Å². The molecule has 0 aromatic heterocycles. The lowest BCUT2D eigenvalue weighted by Gasteiger charge is -2.26. The predicted octanol–water partition coefficient (Wildman–Crippen LogP) is 1.67. The van der Waals surface area contributed by atoms with Crippen molar-refractivity contribution in [3.8, 4) is 0 Å². The number of guanidine groups is 1. The minimum absolute atomic E-state index is 0.00138. The van der Waals surface area contributed by atoms with E-state index in [0.29, 0.717) is 6.54 Å². The molecule has 1 saturated heterocycles. The average molecular weight is 410 g/mol. The number of likely N-dealkylation sites (tertiary alicyclic amines) is 1. The van der Waals surface area contributed by atoms with E-state index in [1.807, 2.05) is 38.1 Å². The molecular formula is C20H35N5O2S. The normalized spacial score (nSPS) is 16.4. The van der Waals surface area contributed by atoms with E-state index in [9.17, 15) is 8.42 Å². The summed E-state index contributed by atoms with van der Waals surface area (Å²) in [5.74, 6) is 0.781. The fourth-order valence-electron chi connectivity index (χ4n) is 3.30. The largest absolute Gasteiger partial charge is 0.355 e. The SMILES string of the molecule is CN=C(NCCN1CCCCC1)NCc1ccc(CS(=O)(=O)NC(C)C)cc1. The highest BCUT2D eigenvalue weighted by atomic mass is 32.2. The maximum atomic E-state index is 12.0. The van der Waals surface area contributed by atoms with Gasteiger partial charge in [-0.25, -0.2) is 13.1 Å². The molecule has 8 heteroatoms. The summed E-state index contributed by atoms with van der Waals surface area (Å²) in [6.45, 7) is 8.58. The maximum absolute atomic E-state index is 12.0. The number of benzene rings is 1. The van der Waals surface area contributed by atoms with Gasteiger partial charge >= 0.3 is 0 Å². The minimum Gasteiger partial charge on any atom is -0.355 e. The van der Waals surface area contributed by atoms with Crippen LogP contribution >= 0.6 is 0 Å². The van der Waals surface area contributed by atoms with Gasteiger partial charge in [0.05, 0.1) is 5.75 Å². The Morgan fingerprint density at radius 2 is 1.71 bits per heavy atom. The zero-order valence-electron chi connectivity index (χ0n) is 17.4. The van der Waals surface area contributed by atoms with Gasteiger partial charge in [0, 0.05) is 32.7 Å². The van der Waals surface area contributed by atoms with E-state index < -0.39 is 10.0 Å². The number of hydrogen-bond donors (Lipinski definition) is 3. The van der Waals surface area contributed by atoms with Gasteiger partial charge in [-0.2, -0.15) is 0 Å². The van der Waals surface area contributed by atoms with Gasteiger partial charge < -0.3 is 15.5 Å². The van der Waals surface area contributed by atoms with Gasteiger partial charge in [-0.3, -0.25) is 4.99 Å². The first-order valence-corrected chi connectivity index (χ1v) is 11.8. The highest BCUT2D eigenvalue weighted by Crippen LogP contribution is 2.09. The standard InChI is InChI=1S/C20H35N5O2S/c1-17(2)24-28(26,27)16-19-9-7-18(8-10-19)15-23-20(21-3)22-11-14-25-12-5-4-6-13-25/h7-10,17,24H,4-6,11-16H2,1-3H3,(H2,21,22,23). The van der Waals surface area contributed by atoms with Crippen molar-refractivity contribution in [3.05, 3.63) is 35.4 Å². The zero-order chi connectivity index (χ0) is 20.4. The van der Waals surface area contributed by atoms with E-state index in [4.69, 9.17) is 0 Å². The predicted molar refractivity (Wildman–Crippen MR) is 116 cm³/mol. The van der Waals surface area contributed by atoms with Crippen LogP contribution in [-0.4, -0.2) is 58.5 Å². The molecular weight excluding hydrogens is 374 g/mol. The topological polar surface area (TPSA) is 85.8 Å². The summed E-state index contributed by atoms with van der Waals surface area (Å²) in [6, 6.07) is 7.54. The molecule has 3 N–H and O–H groups in total. The third-order valence-corrected chi connectivity index (χ3v) is 6.19. The first-order chi connectivity index (χ1) is 13.4. The quantitative estimate of drug-likeness (QED) is 0.427. The molecule has 0 saturated carbocycles. The third-order valence-electron chi connectivity index (χ3n) is 4.65. The van der Waals surface area contributed by atoms with Crippen LogP contribution < -0.4 is 15.4 Å². The Morgan fingerprint density at radius 3 is 2.32 bits per heavy atom. The average Bonchev–Trinajstić information content (AvgIpc) is 2.65. The highest BCUT2D eigenvalue weighted by molar-refractivity contribution is 7.88. The number of nitrogens with one attached hydrogen (secondary N) is 3. The summed E-state index contributed by atoms with van der Waals surface area (Å²) in [5.41, 5.74) is 1.86. The monoisotopic (exact) mass is 409 g/mol. The van der Waals surface area contributed by atoms with Crippen molar-refractivity contribution >= 4 is 16.0 Å². The second kappa shape index (κ2) is 11.4. The van der Waals surface area contributed by atoms with Crippen molar-refractivity contribution < 1.29 is 8.42 Å². The highest BCUT2D eigenvalue weighted by Gasteiger charge is 2.13. The molecule has 0 aliphatic carbocycles. The van der Waals surface area contributed by atoms with Crippen LogP contribution in [0.2, 0.25) is 0 Å². The van der Waals surface area contributed by atoms with E-state index in [2.05, 4.69) is 25.2 Å². The molecule has 1 aromatic rings. The molecule has 2 rings (SSSR count). The van der Waals surface area contributed by atoms with Crippen molar-refractivity contribution in [2.75, 3.05) is 33.2 Å². The van der Waals surface area contributed by atoms with E-state index >= 15 is 0 Å². The first-order valence-electron chi connectivity index (χ1n) is 10.1. The molecule has 0 unspecified atom stereocenters. The van der Waals surface area contributed by atoms with Crippen LogP contribution in [0, 0.1) is 0 Å². The van der Waals surface area contributed by atoms with E-state index in [-0.39, 0.29) is 11.8 Å². The summed E-state index contributed by atoms with van der Waals surface area (Å²) in [6.07, 6.45) is 3.96. The summed E-state index contributed by atoms with van der Waals surface area (Å²) in [5, 5.41) is 6.66. The smallest absolute Gasteiger partial charge is 0.216 e. The van der Waals surface area contributed by atoms with Crippen molar-refractivity contribution in [1.82, 2.24) is 20.3 Å². The Bertz CT molecular complexity index is 711. The van der Waals surface area contributed by atoms with Crippen LogP contribution in [0.1, 0.15) is 44.2 Å². The molecule has 0 amide bonds. The molecule has 0 atom stereocenters. The Kier molecular flexibility index (Phi) is 9.21. The van der Waals surface area contributed by atoms with Crippen LogP contribution in [0.5, 0.6) is 0 Å². The van der Waals surface area contributed by atoms with E-state index in [0.717, 1.165) is 30.2 Å². The molecule has 7 nitrogen and oxygen atoms in total. The van der Waals surface area contributed by atoms with Crippen LogP contribution in [0.25, 0.3) is 0 Å². The lowest BCUT2D eigenvalue weighted by atomic mass is 10.1. The fraction of sp³-hybridized carbons (Fsp3) is 0.650. The molecule has 0 bridgehead atoms. The lowest BCUT2D eigenvalue weighted by molar-refractivity contribution is 0.232. The van der Waals surface area contributed by atoms with Crippen LogP contribution in [-0.2, 0) is 22.3 Å². The Balaban J connectivity index is 1.74. The molecule has 0 spiro atoms. The number of rotatable bonds is 9. The minimum atomic E-state index is -3.29. The number of sulfonamides is 1.